The second-order valence-electron chi connectivity index (χ2n) is 6.76. The van der Waals surface area contributed by atoms with Crippen molar-refractivity contribution in [3.8, 4) is 0 Å². The fraction of sp³-hybridized carbons (Fsp3) is 0.500. The molecule has 0 heterocycles. The van der Waals surface area contributed by atoms with Crippen LogP contribution in [0.2, 0.25) is 0 Å². The van der Waals surface area contributed by atoms with Gasteiger partial charge in [0.15, 0.2) is 5.82 Å². The van der Waals surface area contributed by atoms with Crippen LogP contribution in [0, 0.1) is 28.4 Å². The van der Waals surface area contributed by atoms with E-state index in [9.17, 15) is 18.4 Å². The summed E-state index contributed by atoms with van der Waals surface area (Å²) in [6.07, 6.45) is 1.57. The number of halogens is 2. The molecule has 0 radical (unpaired) electrons. The van der Waals surface area contributed by atoms with Crippen LogP contribution in [-0.2, 0) is 9.59 Å². The van der Waals surface area contributed by atoms with E-state index < -0.39 is 28.4 Å². The molecular weight excluding hydrogens is 290 g/mol. The molecule has 1 aromatic rings. The van der Waals surface area contributed by atoms with Gasteiger partial charge in [-0.1, -0.05) is 13.8 Å². The van der Waals surface area contributed by atoms with Crippen molar-refractivity contribution in [3.63, 3.8) is 0 Å². The first-order valence-electron chi connectivity index (χ1n) is 7.29. The van der Waals surface area contributed by atoms with Crippen molar-refractivity contribution in [2.75, 3.05) is 5.01 Å². The number of nitrogens with two attached hydrogens (primary N) is 1. The lowest BCUT2D eigenvalue weighted by Gasteiger charge is -2.37. The van der Waals surface area contributed by atoms with Crippen LogP contribution in [0.1, 0.15) is 33.1 Å². The fourth-order valence-electron chi connectivity index (χ4n) is 4.17. The molecule has 2 saturated carbocycles. The van der Waals surface area contributed by atoms with Gasteiger partial charge < -0.3 is 0 Å². The number of nitrogens with zero attached hydrogens (tertiary/aromatic N) is 1. The Bertz CT molecular complexity index is 674. The van der Waals surface area contributed by atoms with Crippen molar-refractivity contribution in [3.05, 3.63) is 29.8 Å². The van der Waals surface area contributed by atoms with E-state index in [4.69, 9.17) is 5.84 Å². The molecule has 0 spiro atoms. The van der Waals surface area contributed by atoms with E-state index >= 15 is 0 Å². The van der Waals surface area contributed by atoms with Gasteiger partial charge in [0.05, 0.1) is 5.69 Å². The summed E-state index contributed by atoms with van der Waals surface area (Å²) in [5, 5.41) is 0.669. The van der Waals surface area contributed by atoms with Crippen molar-refractivity contribution in [2.24, 2.45) is 22.6 Å². The lowest BCUT2D eigenvalue weighted by atomic mass is 9.68. The number of anilines is 1. The smallest absolute Gasteiger partial charge is 0.255 e. The first-order valence-corrected chi connectivity index (χ1v) is 7.29. The third-order valence-electron chi connectivity index (χ3n) is 5.65. The number of benzene rings is 1. The van der Waals surface area contributed by atoms with E-state index in [1.54, 1.807) is 0 Å². The minimum atomic E-state index is -1.20. The highest BCUT2D eigenvalue weighted by Crippen LogP contribution is 2.64. The zero-order valence-corrected chi connectivity index (χ0v) is 12.5. The van der Waals surface area contributed by atoms with Crippen molar-refractivity contribution in [2.45, 2.75) is 33.1 Å². The van der Waals surface area contributed by atoms with Gasteiger partial charge in [0.25, 0.3) is 5.91 Å². The number of hydrogen-bond donors (Lipinski definition) is 1. The highest BCUT2D eigenvalue weighted by molar-refractivity contribution is 6.14. The molecule has 0 aromatic heterocycles. The minimum Gasteiger partial charge on any atom is -0.298 e. The summed E-state index contributed by atoms with van der Waals surface area (Å²) in [6.45, 7) is 3.78. The summed E-state index contributed by atoms with van der Waals surface area (Å²) < 4.78 is 26.9. The van der Waals surface area contributed by atoms with Crippen LogP contribution in [0.15, 0.2) is 18.2 Å². The van der Waals surface area contributed by atoms with Gasteiger partial charge in [-0.05, 0) is 36.3 Å². The van der Waals surface area contributed by atoms with Gasteiger partial charge in [-0.25, -0.2) is 19.6 Å². The van der Waals surface area contributed by atoms with Crippen LogP contribution >= 0.6 is 0 Å². The zero-order chi connectivity index (χ0) is 16.3. The summed E-state index contributed by atoms with van der Waals surface area (Å²) in [5.41, 5.74) is -1.93. The molecule has 1 amide bonds. The lowest BCUT2D eigenvalue weighted by molar-refractivity contribution is -0.143. The normalized spacial score (nSPS) is 29.0. The van der Waals surface area contributed by atoms with Gasteiger partial charge in [-0.15, -0.1) is 0 Å². The van der Waals surface area contributed by atoms with E-state index in [1.165, 1.54) is 0 Å². The second-order valence-corrected chi connectivity index (χ2v) is 6.76. The Balaban J connectivity index is 2.01. The maximum absolute atomic E-state index is 13.9. The van der Waals surface area contributed by atoms with Crippen LogP contribution in [0.4, 0.5) is 14.5 Å². The summed E-state index contributed by atoms with van der Waals surface area (Å²) in [6, 6.07) is 2.81. The summed E-state index contributed by atoms with van der Waals surface area (Å²) in [5.74, 6) is 3.54. The predicted octanol–water partition coefficient (Wildman–Crippen LogP) is 2.57. The second kappa shape index (κ2) is 4.59. The van der Waals surface area contributed by atoms with Crippen LogP contribution in [0.3, 0.4) is 0 Å². The molecular formula is C16H18F2N2O2. The van der Waals surface area contributed by atoms with Gasteiger partial charge in [0.1, 0.15) is 17.0 Å². The standard InChI is InChI=1S/C16H18F2N2O2/c1-15(2)9-5-6-16(15,13(21)7-9)14(22)20(19)12-4-3-10(17)8-11(12)18/h3-4,8-9H,5-7,19H2,1-2H3. The van der Waals surface area contributed by atoms with Crippen LogP contribution < -0.4 is 10.9 Å². The molecule has 2 aliphatic carbocycles. The first-order chi connectivity index (χ1) is 10.2. The number of Topliss-reactive ketones (excluding diaryl/α,β-unsaturated/α-hetero) is 1. The SMILES string of the molecule is CC1(C)C2CCC1(C(=O)N(N)c1ccc(F)cc1F)C(=O)C2. The van der Waals surface area contributed by atoms with Crippen LogP contribution in [0.5, 0.6) is 0 Å². The largest absolute Gasteiger partial charge is 0.298 e. The first kappa shape index (κ1) is 15.1. The van der Waals surface area contributed by atoms with E-state index in [-0.39, 0.29) is 17.4 Å². The number of fused-ring (bicyclic) bond motifs is 2. The highest BCUT2D eigenvalue weighted by atomic mass is 19.1. The van der Waals surface area contributed by atoms with E-state index in [0.717, 1.165) is 18.6 Å². The molecule has 2 unspecified atom stereocenters. The Hall–Kier alpha value is -1.82. The third kappa shape index (κ3) is 1.70. The highest BCUT2D eigenvalue weighted by Gasteiger charge is 2.69. The Morgan fingerprint density at radius 1 is 1.36 bits per heavy atom. The molecule has 0 saturated heterocycles. The topological polar surface area (TPSA) is 63.4 Å². The number of ketones is 1. The summed E-state index contributed by atoms with van der Waals surface area (Å²) in [7, 11) is 0. The Labute approximate surface area is 127 Å². The summed E-state index contributed by atoms with van der Waals surface area (Å²) in [4.78, 5) is 25.3. The molecule has 2 aliphatic rings. The number of amides is 1. The molecule has 22 heavy (non-hydrogen) atoms. The Morgan fingerprint density at radius 3 is 2.55 bits per heavy atom. The summed E-state index contributed by atoms with van der Waals surface area (Å²) >= 11 is 0. The molecule has 2 atom stereocenters. The van der Waals surface area contributed by atoms with Gasteiger partial charge in [0, 0.05) is 12.5 Å². The number of hydrogen-bond acceptors (Lipinski definition) is 3. The zero-order valence-electron chi connectivity index (χ0n) is 12.5. The van der Waals surface area contributed by atoms with Crippen molar-refractivity contribution >= 4 is 17.4 Å². The monoisotopic (exact) mass is 308 g/mol. The van der Waals surface area contributed by atoms with Crippen molar-refractivity contribution in [1.82, 2.24) is 0 Å². The molecule has 3 rings (SSSR count). The van der Waals surface area contributed by atoms with Gasteiger partial charge in [-0.3, -0.25) is 9.59 Å². The maximum atomic E-state index is 13.9. The average molecular weight is 308 g/mol. The minimum absolute atomic E-state index is 0.128. The van der Waals surface area contributed by atoms with Crippen LogP contribution in [0.25, 0.3) is 0 Å². The number of rotatable bonds is 2. The molecule has 4 nitrogen and oxygen atoms in total. The third-order valence-corrected chi connectivity index (χ3v) is 5.65. The molecule has 2 N–H and O–H groups in total. The predicted molar refractivity (Wildman–Crippen MR) is 76.6 cm³/mol. The number of carbonyl (C=O) groups excluding carboxylic acids is 2. The maximum Gasteiger partial charge on any atom is 0.255 e. The molecule has 6 heteroatoms. The van der Waals surface area contributed by atoms with Gasteiger partial charge in [-0.2, -0.15) is 0 Å². The van der Waals surface area contributed by atoms with E-state index in [1.807, 2.05) is 13.8 Å². The molecule has 2 bridgehead atoms. The van der Waals surface area contributed by atoms with Gasteiger partial charge >= 0.3 is 0 Å². The van der Waals surface area contributed by atoms with Crippen molar-refractivity contribution in [1.29, 1.82) is 0 Å². The Morgan fingerprint density at radius 2 is 2.05 bits per heavy atom. The molecule has 0 aliphatic heterocycles. The lowest BCUT2D eigenvalue weighted by Crippen LogP contribution is -2.54. The van der Waals surface area contributed by atoms with Crippen LogP contribution in [-0.4, -0.2) is 11.7 Å². The van der Waals surface area contributed by atoms with E-state index in [2.05, 4.69) is 0 Å². The Kier molecular flexibility index (Phi) is 3.15. The van der Waals surface area contributed by atoms with Gasteiger partial charge in [0.2, 0.25) is 0 Å². The molecule has 1 aromatic carbocycles. The fourth-order valence-corrected chi connectivity index (χ4v) is 4.17. The van der Waals surface area contributed by atoms with E-state index in [0.29, 0.717) is 23.9 Å². The number of carbonyl (C=O) groups is 2. The quantitative estimate of drug-likeness (QED) is 0.395. The van der Waals surface area contributed by atoms with Crippen molar-refractivity contribution < 1.29 is 18.4 Å². The molecule has 2 fully saturated rings. The average Bonchev–Trinajstić information content (AvgIpc) is 2.80. The molecule has 118 valence electrons. The number of hydrazine groups is 1.